The van der Waals surface area contributed by atoms with Gasteiger partial charge in [0, 0.05) is 11.2 Å². The number of benzene rings is 3. The maximum Gasteiger partial charge on any atom is 0.265 e. The molecule has 4 rings (SSSR count). The molecule has 1 aromatic heterocycles. The summed E-state index contributed by atoms with van der Waals surface area (Å²) in [5, 5.41) is 7.45. The fourth-order valence-corrected chi connectivity index (χ4v) is 4.37. The normalized spacial score (nSPS) is 10.9. The van der Waals surface area contributed by atoms with Gasteiger partial charge in [0.2, 0.25) is 0 Å². The van der Waals surface area contributed by atoms with Gasteiger partial charge < -0.3 is 21.1 Å². The van der Waals surface area contributed by atoms with Gasteiger partial charge in [-0.2, -0.15) is 0 Å². The number of fused-ring (bicyclic) bond motifs is 1. The fraction of sp³-hybridized carbons (Fsp3) is 0.160. The van der Waals surface area contributed by atoms with E-state index < -0.39 is 0 Å². The van der Waals surface area contributed by atoms with Crippen LogP contribution in [0.4, 0.5) is 11.4 Å². The van der Waals surface area contributed by atoms with Gasteiger partial charge in [-0.15, -0.1) is 11.3 Å². The standard InChI is InChI=1S/C25H25N3O2S/c1-30-20-10-7-18(8-11-20)16-27-13-12-17-6-9-19-15-24(31-23(19)14-17)25(29)28-22-5-3-2-4-21(22)26/h2-11,14-15,27H,12-13,16,26H2,1H3,(H,28,29). The van der Waals surface area contributed by atoms with Crippen LogP contribution in [0, 0.1) is 0 Å². The third-order valence-electron chi connectivity index (χ3n) is 5.10. The van der Waals surface area contributed by atoms with Crippen molar-refractivity contribution < 1.29 is 9.53 Å². The Kier molecular flexibility index (Phi) is 6.50. The van der Waals surface area contributed by atoms with Gasteiger partial charge in [-0.25, -0.2) is 0 Å². The number of rotatable bonds is 8. The van der Waals surface area contributed by atoms with Crippen molar-refractivity contribution in [1.82, 2.24) is 5.32 Å². The number of hydrogen-bond donors (Lipinski definition) is 3. The Balaban J connectivity index is 1.34. The van der Waals surface area contributed by atoms with E-state index in [1.165, 1.54) is 22.5 Å². The van der Waals surface area contributed by atoms with Gasteiger partial charge in [0.05, 0.1) is 23.4 Å². The highest BCUT2D eigenvalue weighted by molar-refractivity contribution is 7.20. The number of carbonyl (C=O) groups is 1. The number of amides is 1. The van der Waals surface area contributed by atoms with Crippen LogP contribution in [-0.2, 0) is 13.0 Å². The van der Waals surface area contributed by atoms with E-state index in [2.05, 4.69) is 41.0 Å². The first-order valence-corrected chi connectivity index (χ1v) is 11.0. The first-order valence-electron chi connectivity index (χ1n) is 10.1. The molecule has 31 heavy (non-hydrogen) atoms. The second kappa shape index (κ2) is 9.64. The second-order valence-electron chi connectivity index (χ2n) is 7.30. The lowest BCUT2D eigenvalue weighted by atomic mass is 10.1. The Morgan fingerprint density at radius 3 is 2.55 bits per heavy atom. The van der Waals surface area contributed by atoms with Crippen LogP contribution < -0.4 is 21.1 Å². The number of methoxy groups -OCH3 is 1. The Morgan fingerprint density at radius 2 is 1.77 bits per heavy atom. The van der Waals surface area contributed by atoms with Crippen LogP contribution in [0.2, 0.25) is 0 Å². The smallest absolute Gasteiger partial charge is 0.265 e. The van der Waals surface area contributed by atoms with E-state index >= 15 is 0 Å². The van der Waals surface area contributed by atoms with Gasteiger partial charge in [0.1, 0.15) is 5.75 Å². The molecule has 1 amide bonds. The number of anilines is 2. The van der Waals surface area contributed by atoms with Crippen LogP contribution in [0.15, 0.2) is 72.8 Å². The molecule has 0 fully saturated rings. The lowest BCUT2D eigenvalue weighted by Crippen LogP contribution is -2.16. The molecule has 158 valence electrons. The predicted molar refractivity (Wildman–Crippen MR) is 129 cm³/mol. The number of para-hydroxylation sites is 2. The summed E-state index contributed by atoms with van der Waals surface area (Å²) in [5.74, 6) is 0.732. The molecule has 0 atom stereocenters. The Bertz CT molecular complexity index is 1190. The molecule has 3 aromatic carbocycles. The lowest BCUT2D eigenvalue weighted by molar-refractivity contribution is 0.103. The van der Waals surface area contributed by atoms with Crippen molar-refractivity contribution in [3.05, 3.63) is 88.8 Å². The zero-order valence-electron chi connectivity index (χ0n) is 17.4. The quantitative estimate of drug-likeness (QED) is 0.269. The minimum Gasteiger partial charge on any atom is -0.497 e. The molecule has 5 nitrogen and oxygen atoms in total. The minimum absolute atomic E-state index is 0.137. The first-order chi connectivity index (χ1) is 15.1. The fourth-order valence-electron chi connectivity index (χ4n) is 3.35. The zero-order valence-corrected chi connectivity index (χ0v) is 18.2. The van der Waals surface area contributed by atoms with Crippen molar-refractivity contribution in [3.63, 3.8) is 0 Å². The van der Waals surface area contributed by atoms with Gasteiger partial charge in [-0.1, -0.05) is 36.4 Å². The molecule has 4 aromatic rings. The summed E-state index contributed by atoms with van der Waals surface area (Å²) in [4.78, 5) is 13.3. The maximum atomic E-state index is 12.6. The largest absolute Gasteiger partial charge is 0.497 e. The van der Waals surface area contributed by atoms with Crippen LogP contribution in [0.25, 0.3) is 10.1 Å². The number of ether oxygens (including phenoxy) is 1. The summed E-state index contributed by atoms with van der Waals surface area (Å²) in [5.41, 5.74) is 9.59. The van der Waals surface area contributed by atoms with E-state index in [0.29, 0.717) is 16.3 Å². The maximum absolute atomic E-state index is 12.6. The van der Waals surface area contributed by atoms with Gasteiger partial charge in [0.25, 0.3) is 5.91 Å². The molecule has 0 radical (unpaired) electrons. The summed E-state index contributed by atoms with van der Waals surface area (Å²) in [6, 6.07) is 23.7. The highest BCUT2D eigenvalue weighted by Gasteiger charge is 2.12. The van der Waals surface area contributed by atoms with E-state index in [1.807, 2.05) is 30.3 Å². The molecular weight excluding hydrogens is 406 g/mol. The van der Waals surface area contributed by atoms with Crippen LogP contribution >= 0.6 is 11.3 Å². The highest BCUT2D eigenvalue weighted by Crippen LogP contribution is 2.28. The Labute approximate surface area is 185 Å². The molecule has 0 bridgehead atoms. The average Bonchev–Trinajstić information content (AvgIpc) is 3.22. The van der Waals surface area contributed by atoms with Crippen molar-refractivity contribution in [1.29, 1.82) is 0 Å². The van der Waals surface area contributed by atoms with E-state index in [1.54, 1.807) is 19.2 Å². The zero-order chi connectivity index (χ0) is 21.6. The molecule has 0 aliphatic rings. The van der Waals surface area contributed by atoms with E-state index in [0.717, 1.165) is 35.3 Å². The van der Waals surface area contributed by atoms with Crippen LogP contribution in [-0.4, -0.2) is 19.6 Å². The third kappa shape index (κ3) is 5.23. The lowest BCUT2D eigenvalue weighted by Gasteiger charge is -2.06. The summed E-state index contributed by atoms with van der Waals surface area (Å²) in [6.45, 7) is 1.70. The van der Waals surface area contributed by atoms with Gasteiger partial charge in [0.15, 0.2) is 0 Å². The number of nitrogens with one attached hydrogen (secondary N) is 2. The molecule has 0 aliphatic heterocycles. The summed E-state index contributed by atoms with van der Waals surface area (Å²) < 4.78 is 6.30. The number of thiophene rings is 1. The summed E-state index contributed by atoms with van der Waals surface area (Å²) in [7, 11) is 1.67. The van der Waals surface area contributed by atoms with Crippen molar-refractivity contribution >= 4 is 38.7 Å². The summed E-state index contributed by atoms with van der Waals surface area (Å²) in [6.07, 6.45) is 0.923. The van der Waals surface area contributed by atoms with Gasteiger partial charge >= 0.3 is 0 Å². The SMILES string of the molecule is COc1ccc(CNCCc2ccc3cc(C(=O)Nc4ccccc4N)sc3c2)cc1. The topological polar surface area (TPSA) is 76.4 Å². The van der Waals surface area contributed by atoms with Crippen LogP contribution in [0.1, 0.15) is 20.8 Å². The first kappa shape index (κ1) is 20.9. The number of hydrogen-bond acceptors (Lipinski definition) is 5. The molecule has 6 heteroatoms. The van der Waals surface area contributed by atoms with Crippen LogP contribution in [0.5, 0.6) is 5.75 Å². The van der Waals surface area contributed by atoms with E-state index in [-0.39, 0.29) is 5.91 Å². The highest BCUT2D eigenvalue weighted by atomic mass is 32.1. The van der Waals surface area contributed by atoms with Gasteiger partial charge in [-0.3, -0.25) is 4.79 Å². The molecule has 0 spiro atoms. The van der Waals surface area contributed by atoms with E-state index in [4.69, 9.17) is 10.5 Å². The van der Waals surface area contributed by atoms with Crippen molar-refractivity contribution in [3.8, 4) is 5.75 Å². The number of nitrogen functional groups attached to an aromatic ring is 1. The van der Waals surface area contributed by atoms with E-state index in [9.17, 15) is 4.79 Å². The Hall–Kier alpha value is -3.35. The second-order valence-corrected chi connectivity index (χ2v) is 8.38. The molecule has 0 saturated carbocycles. The molecule has 0 unspecified atom stereocenters. The van der Waals surface area contributed by atoms with Gasteiger partial charge in [-0.05, 0) is 65.9 Å². The number of carbonyl (C=O) groups excluding carboxylic acids is 1. The monoisotopic (exact) mass is 431 g/mol. The molecular formula is C25H25N3O2S. The van der Waals surface area contributed by atoms with Crippen molar-refractivity contribution in [2.45, 2.75) is 13.0 Å². The summed E-state index contributed by atoms with van der Waals surface area (Å²) >= 11 is 1.50. The molecule has 4 N–H and O–H groups in total. The predicted octanol–water partition coefficient (Wildman–Crippen LogP) is 5.08. The molecule has 0 aliphatic carbocycles. The van der Waals surface area contributed by atoms with Crippen molar-refractivity contribution in [2.24, 2.45) is 0 Å². The number of nitrogens with two attached hydrogens (primary N) is 1. The molecule has 1 heterocycles. The third-order valence-corrected chi connectivity index (χ3v) is 6.19. The Morgan fingerprint density at radius 1 is 1.00 bits per heavy atom. The average molecular weight is 432 g/mol. The van der Waals surface area contributed by atoms with Crippen LogP contribution in [0.3, 0.4) is 0 Å². The minimum atomic E-state index is -0.137. The molecule has 0 saturated heterocycles. The van der Waals surface area contributed by atoms with Crippen molar-refractivity contribution in [2.75, 3.05) is 24.7 Å².